The minimum atomic E-state index is -3.50. The minimum Gasteiger partial charge on any atom is -0.495 e. The van der Waals surface area contributed by atoms with Crippen molar-refractivity contribution in [3.05, 3.63) is 23.8 Å². The Morgan fingerprint density at radius 1 is 1.29 bits per heavy atom. The average molecular weight is 311 g/mol. The van der Waals surface area contributed by atoms with Crippen molar-refractivity contribution in [3.8, 4) is 5.75 Å². The molecule has 0 spiro atoms. The summed E-state index contributed by atoms with van der Waals surface area (Å²) in [6.45, 7) is 6.69. The Kier molecular flexibility index (Phi) is 4.94. The molecule has 0 N–H and O–H groups in total. The summed E-state index contributed by atoms with van der Waals surface area (Å²) in [6, 6.07) is 5.51. The zero-order chi connectivity index (χ0) is 15.6. The maximum Gasteiger partial charge on any atom is 0.247 e. The highest BCUT2D eigenvalue weighted by Gasteiger charge is 2.33. The molecule has 0 unspecified atom stereocenters. The van der Waals surface area contributed by atoms with Gasteiger partial charge in [0.15, 0.2) is 0 Å². The van der Waals surface area contributed by atoms with Gasteiger partial charge in [-0.2, -0.15) is 4.31 Å². The van der Waals surface area contributed by atoms with Crippen LogP contribution in [-0.4, -0.2) is 32.4 Å². The Labute approximate surface area is 128 Å². The molecule has 1 aliphatic rings. The lowest BCUT2D eigenvalue weighted by Crippen LogP contribution is -2.42. The highest BCUT2D eigenvalue weighted by atomic mass is 32.2. The van der Waals surface area contributed by atoms with Crippen LogP contribution in [0.25, 0.3) is 0 Å². The first kappa shape index (κ1) is 16.3. The number of rotatable bonds is 4. The SMILES string of the molecule is COc1ccc(C(C)C)cc1S(=O)(=O)N1CCCC[C@H]1C. The molecule has 0 aromatic heterocycles. The number of sulfonamides is 1. The van der Waals surface area contributed by atoms with E-state index in [4.69, 9.17) is 4.74 Å². The first-order chi connectivity index (χ1) is 9.87. The van der Waals surface area contributed by atoms with Crippen LogP contribution in [0, 0.1) is 0 Å². The normalized spacial score (nSPS) is 20.7. The number of methoxy groups -OCH3 is 1. The van der Waals surface area contributed by atoms with E-state index in [1.54, 1.807) is 16.4 Å². The molecular formula is C16H25NO3S. The smallest absolute Gasteiger partial charge is 0.247 e. The van der Waals surface area contributed by atoms with Gasteiger partial charge < -0.3 is 4.74 Å². The van der Waals surface area contributed by atoms with Gasteiger partial charge in [0.25, 0.3) is 0 Å². The van der Waals surface area contributed by atoms with E-state index in [2.05, 4.69) is 13.8 Å². The van der Waals surface area contributed by atoms with Crippen LogP contribution in [0.4, 0.5) is 0 Å². The maximum absolute atomic E-state index is 13.0. The van der Waals surface area contributed by atoms with Gasteiger partial charge in [-0.05, 0) is 43.4 Å². The molecule has 1 aromatic rings. The van der Waals surface area contributed by atoms with Crippen molar-refractivity contribution >= 4 is 10.0 Å². The van der Waals surface area contributed by atoms with Crippen molar-refractivity contribution in [2.24, 2.45) is 0 Å². The van der Waals surface area contributed by atoms with Crippen LogP contribution in [0.15, 0.2) is 23.1 Å². The molecule has 0 aliphatic carbocycles. The van der Waals surface area contributed by atoms with Gasteiger partial charge in [0, 0.05) is 12.6 Å². The third kappa shape index (κ3) is 3.24. The van der Waals surface area contributed by atoms with E-state index in [0.717, 1.165) is 24.8 Å². The number of hydrogen-bond donors (Lipinski definition) is 0. The second kappa shape index (κ2) is 6.36. The van der Waals surface area contributed by atoms with E-state index in [1.165, 1.54) is 7.11 Å². The van der Waals surface area contributed by atoms with Gasteiger partial charge in [-0.3, -0.25) is 0 Å². The molecule has 1 saturated heterocycles. The van der Waals surface area contributed by atoms with E-state index in [-0.39, 0.29) is 12.0 Å². The van der Waals surface area contributed by atoms with Gasteiger partial charge in [-0.1, -0.05) is 26.3 Å². The summed E-state index contributed by atoms with van der Waals surface area (Å²) < 4.78 is 32.9. The zero-order valence-electron chi connectivity index (χ0n) is 13.3. The molecule has 1 aliphatic heterocycles. The fourth-order valence-electron chi connectivity index (χ4n) is 2.81. The van der Waals surface area contributed by atoms with E-state index in [0.29, 0.717) is 17.2 Å². The lowest BCUT2D eigenvalue weighted by atomic mass is 10.0. The summed E-state index contributed by atoms with van der Waals surface area (Å²) in [6.07, 6.45) is 2.94. The second-order valence-corrected chi connectivity index (χ2v) is 7.88. The topological polar surface area (TPSA) is 46.6 Å². The molecule has 4 nitrogen and oxygen atoms in total. The monoisotopic (exact) mass is 311 g/mol. The largest absolute Gasteiger partial charge is 0.495 e. The van der Waals surface area contributed by atoms with Crippen LogP contribution in [0.3, 0.4) is 0 Å². The molecule has 1 heterocycles. The maximum atomic E-state index is 13.0. The molecule has 2 rings (SSSR count). The summed E-state index contributed by atoms with van der Waals surface area (Å²) in [7, 11) is -1.98. The van der Waals surface area contributed by atoms with Crippen molar-refractivity contribution in [1.29, 1.82) is 0 Å². The van der Waals surface area contributed by atoms with Crippen LogP contribution < -0.4 is 4.74 Å². The van der Waals surface area contributed by atoms with Crippen LogP contribution >= 0.6 is 0 Å². The summed E-state index contributed by atoms with van der Waals surface area (Å²) >= 11 is 0. The van der Waals surface area contributed by atoms with Gasteiger partial charge in [-0.25, -0.2) is 8.42 Å². The van der Waals surface area contributed by atoms with Gasteiger partial charge in [-0.15, -0.1) is 0 Å². The first-order valence-corrected chi connectivity index (χ1v) is 9.01. The third-order valence-electron chi connectivity index (χ3n) is 4.18. The predicted octanol–water partition coefficient (Wildman–Crippen LogP) is 3.38. The second-order valence-electron chi connectivity index (χ2n) is 6.03. The molecule has 0 saturated carbocycles. The van der Waals surface area contributed by atoms with Gasteiger partial charge in [0.05, 0.1) is 7.11 Å². The molecule has 1 fully saturated rings. The van der Waals surface area contributed by atoms with Gasteiger partial charge in [0.2, 0.25) is 10.0 Å². The average Bonchev–Trinajstić information content (AvgIpc) is 2.46. The van der Waals surface area contributed by atoms with Crippen LogP contribution in [0.2, 0.25) is 0 Å². The number of hydrogen-bond acceptors (Lipinski definition) is 3. The standard InChI is InChI=1S/C16H25NO3S/c1-12(2)14-8-9-15(20-4)16(11-14)21(18,19)17-10-6-5-7-13(17)3/h8-9,11-13H,5-7,10H2,1-4H3/t13-/m1/s1. The summed E-state index contributed by atoms with van der Waals surface area (Å²) in [5.41, 5.74) is 1.01. The van der Waals surface area contributed by atoms with Gasteiger partial charge in [0.1, 0.15) is 10.6 Å². The van der Waals surface area contributed by atoms with E-state index < -0.39 is 10.0 Å². The van der Waals surface area contributed by atoms with Crippen molar-refractivity contribution in [3.63, 3.8) is 0 Å². The molecule has 0 amide bonds. The van der Waals surface area contributed by atoms with E-state index in [9.17, 15) is 8.42 Å². The molecule has 0 bridgehead atoms. The third-order valence-corrected chi connectivity index (χ3v) is 6.22. The Morgan fingerprint density at radius 3 is 2.57 bits per heavy atom. The lowest BCUT2D eigenvalue weighted by molar-refractivity contribution is 0.267. The van der Waals surface area contributed by atoms with E-state index in [1.807, 2.05) is 13.0 Å². The van der Waals surface area contributed by atoms with Crippen molar-refractivity contribution < 1.29 is 13.2 Å². The summed E-state index contributed by atoms with van der Waals surface area (Å²) in [4.78, 5) is 0.296. The Hall–Kier alpha value is -1.07. The fourth-order valence-corrected chi connectivity index (χ4v) is 4.70. The first-order valence-electron chi connectivity index (χ1n) is 7.57. The molecule has 21 heavy (non-hydrogen) atoms. The Morgan fingerprint density at radius 2 is 2.00 bits per heavy atom. The van der Waals surface area contributed by atoms with E-state index >= 15 is 0 Å². The summed E-state index contributed by atoms with van der Waals surface area (Å²) in [5, 5.41) is 0. The highest BCUT2D eigenvalue weighted by Crippen LogP contribution is 2.33. The summed E-state index contributed by atoms with van der Waals surface area (Å²) in [5.74, 6) is 0.709. The zero-order valence-corrected chi connectivity index (χ0v) is 14.1. The van der Waals surface area contributed by atoms with Crippen LogP contribution in [0.5, 0.6) is 5.75 Å². The predicted molar refractivity (Wildman–Crippen MR) is 84.3 cm³/mol. The highest BCUT2D eigenvalue weighted by molar-refractivity contribution is 7.89. The van der Waals surface area contributed by atoms with Crippen LogP contribution in [0.1, 0.15) is 51.5 Å². The molecule has 1 atom stereocenters. The van der Waals surface area contributed by atoms with Crippen LogP contribution in [-0.2, 0) is 10.0 Å². The van der Waals surface area contributed by atoms with Crippen molar-refractivity contribution in [1.82, 2.24) is 4.31 Å². The molecule has 0 radical (unpaired) electrons. The number of nitrogens with zero attached hydrogens (tertiary/aromatic N) is 1. The molecule has 5 heteroatoms. The van der Waals surface area contributed by atoms with Crippen molar-refractivity contribution in [2.75, 3.05) is 13.7 Å². The fraction of sp³-hybridized carbons (Fsp3) is 0.625. The number of ether oxygens (including phenoxy) is 1. The van der Waals surface area contributed by atoms with Gasteiger partial charge >= 0.3 is 0 Å². The molecule has 1 aromatic carbocycles. The number of piperidine rings is 1. The Balaban J connectivity index is 2.49. The quantitative estimate of drug-likeness (QED) is 0.856. The number of benzene rings is 1. The molecular weight excluding hydrogens is 286 g/mol. The minimum absolute atomic E-state index is 0.0520. The Bertz CT molecular complexity index is 596. The lowest BCUT2D eigenvalue weighted by Gasteiger charge is -2.32. The van der Waals surface area contributed by atoms with Crippen molar-refractivity contribution in [2.45, 2.75) is 56.9 Å². The molecule has 118 valence electrons.